The second-order valence-corrected chi connectivity index (χ2v) is 9.40. The highest BCUT2D eigenvalue weighted by Gasteiger charge is 2.30. The Hall–Kier alpha value is -3.18. The number of carbonyl (C=O) groups excluding carboxylic acids is 1. The molecule has 2 aromatic heterocycles. The van der Waals surface area contributed by atoms with E-state index in [2.05, 4.69) is 18.2 Å². The third kappa shape index (κ3) is 2.95. The molecule has 3 heterocycles. The van der Waals surface area contributed by atoms with Gasteiger partial charge in [-0.25, -0.2) is 4.98 Å². The highest BCUT2D eigenvalue weighted by molar-refractivity contribution is 7.21. The molecule has 2 aromatic carbocycles. The number of para-hydroxylation sites is 2. The summed E-state index contributed by atoms with van der Waals surface area (Å²) in [5.41, 5.74) is 13.9. The van der Waals surface area contributed by atoms with Gasteiger partial charge in [-0.1, -0.05) is 36.4 Å². The van der Waals surface area contributed by atoms with Crippen molar-refractivity contribution in [2.45, 2.75) is 38.5 Å². The molecule has 4 aromatic rings. The number of nitrogens with two attached hydrogens (primary N) is 1. The van der Waals surface area contributed by atoms with Crippen molar-refractivity contribution in [3.8, 4) is 0 Å². The molecule has 0 atom stereocenters. The van der Waals surface area contributed by atoms with Gasteiger partial charge in [0, 0.05) is 11.1 Å². The Morgan fingerprint density at radius 3 is 2.23 bits per heavy atom. The molecule has 0 bridgehead atoms. The summed E-state index contributed by atoms with van der Waals surface area (Å²) in [4.78, 5) is 22.2. The number of aromatic nitrogens is 1. The summed E-state index contributed by atoms with van der Waals surface area (Å²) in [6.45, 7) is 0. The number of hydrogen-bond acceptors (Lipinski definition) is 4. The maximum Gasteiger partial charge on any atom is 0.275 e. The zero-order chi connectivity index (χ0) is 20.9. The summed E-state index contributed by atoms with van der Waals surface area (Å²) in [5.74, 6) is -0.0692. The summed E-state index contributed by atoms with van der Waals surface area (Å²) >= 11 is 1.43. The lowest BCUT2D eigenvalue weighted by atomic mass is 9.95. The summed E-state index contributed by atoms with van der Waals surface area (Å²) in [7, 11) is 0. The molecule has 0 fully saturated rings. The van der Waals surface area contributed by atoms with E-state index in [1.54, 1.807) is 0 Å². The van der Waals surface area contributed by atoms with Crippen LogP contribution < -0.4 is 10.6 Å². The molecule has 0 saturated heterocycles. The van der Waals surface area contributed by atoms with Gasteiger partial charge >= 0.3 is 0 Å². The van der Waals surface area contributed by atoms with Crippen LogP contribution in [0.15, 0.2) is 54.6 Å². The Bertz CT molecular complexity index is 1290. The van der Waals surface area contributed by atoms with Gasteiger partial charge in [0.25, 0.3) is 5.91 Å². The van der Waals surface area contributed by atoms with Crippen molar-refractivity contribution in [2.24, 2.45) is 0 Å². The van der Waals surface area contributed by atoms with Gasteiger partial charge < -0.3 is 5.73 Å². The van der Waals surface area contributed by atoms with Gasteiger partial charge in [-0.05, 0) is 73.4 Å². The number of amides is 1. The first-order chi connectivity index (χ1) is 15.2. The van der Waals surface area contributed by atoms with E-state index in [1.807, 2.05) is 41.3 Å². The molecule has 31 heavy (non-hydrogen) atoms. The summed E-state index contributed by atoms with van der Waals surface area (Å²) < 4.78 is 0. The van der Waals surface area contributed by atoms with Crippen LogP contribution in [0.3, 0.4) is 0 Å². The van der Waals surface area contributed by atoms with E-state index in [9.17, 15) is 4.79 Å². The molecule has 1 amide bonds. The zero-order valence-corrected chi connectivity index (χ0v) is 18.0. The predicted molar refractivity (Wildman–Crippen MR) is 127 cm³/mol. The number of carbonyl (C=O) groups is 1. The Labute approximate surface area is 185 Å². The van der Waals surface area contributed by atoms with Crippen LogP contribution in [0.5, 0.6) is 0 Å². The Kier molecular flexibility index (Phi) is 4.32. The number of aryl methyl sites for hydroxylation is 4. The first-order valence-corrected chi connectivity index (χ1v) is 11.7. The number of nitrogens with zero attached hydrogens (tertiary/aromatic N) is 2. The second kappa shape index (κ2) is 7.20. The number of rotatable bonds is 1. The Morgan fingerprint density at radius 2 is 1.52 bits per heavy atom. The van der Waals surface area contributed by atoms with Crippen molar-refractivity contribution >= 4 is 44.5 Å². The van der Waals surface area contributed by atoms with E-state index >= 15 is 0 Å². The Balaban J connectivity index is 1.53. The molecule has 154 valence electrons. The van der Waals surface area contributed by atoms with Gasteiger partial charge in [-0.15, -0.1) is 11.3 Å². The highest BCUT2D eigenvalue weighted by Crippen LogP contribution is 2.41. The van der Waals surface area contributed by atoms with Gasteiger partial charge in [-0.2, -0.15) is 0 Å². The summed E-state index contributed by atoms with van der Waals surface area (Å²) in [6.07, 6.45) is 6.25. The summed E-state index contributed by atoms with van der Waals surface area (Å²) in [5, 5.41) is 0.922. The van der Waals surface area contributed by atoms with Crippen LogP contribution >= 0.6 is 11.3 Å². The molecule has 2 N–H and O–H groups in total. The average molecular weight is 426 g/mol. The lowest BCUT2D eigenvalue weighted by Gasteiger charge is -2.24. The monoisotopic (exact) mass is 425 g/mol. The maximum atomic E-state index is 14.0. The molecule has 0 unspecified atom stereocenters. The van der Waals surface area contributed by atoms with Gasteiger partial charge in [0.05, 0.1) is 17.1 Å². The topological polar surface area (TPSA) is 59.2 Å². The average Bonchev–Trinajstić information content (AvgIpc) is 3.02. The fourth-order valence-corrected chi connectivity index (χ4v) is 5.95. The van der Waals surface area contributed by atoms with E-state index in [-0.39, 0.29) is 5.91 Å². The minimum Gasteiger partial charge on any atom is -0.397 e. The van der Waals surface area contributed by atoms with Crippen molar-refractivity contribution in [3.05, 3.63) is 81.9 Å². The fraction of sp³-hybridized carbons (Fsp3) is 0.231. The SMILES string of the molecule is Nc1c(C(=O)N2c3ccccc3CCc3ccccc32)sc2nc3c(cc12)CCCC3. The van der Waals surface area contributed by atoms with Crippen LogP contribution in [-0.4, -0.2) is 10.9 Å². The lowest BCUT2D eigenvalue weighted by Crippen LogP contribution is -2.26. The molecule has 5 heteroatoms. The molecule has 6 rings (SSSR count). The van der Waals surface area contributed by atoms with Crippen LogP contribution in [0.4, 0.5) is 17.1 Å². The third-order valence-electron chi connectivity index (χ3n) is 6.53. The highest BCUT2D eigenvalue weighted by atomic mass is 32.1. The normalized spacial score (nSPS) is 15.2. The molecular weight excluding hydrogens is 402 g/mol. The molecular formula is C26H23N3OS. The van der Waals surface area contributed by atoms with Gasteiger partial charge in [0.15, 0.2) is 0 Å². The zero-order valence-electron chi connectivity index (χ0n) is 17.2. The van der Waals surface area contributed by atoms with Crippen molar-refractivity contribution < 1.29 is 4.79 Å². The third-order valence-corrected chi connectivity index (χ3v) is 7.63. The van der Waals surface area contributed by atoms with E-state index in [0.29, 0.717) is 10.6 Å². The van der Waals surface area contributed by atoms with Crippen LogP contribution in [0.25, 0.3) is 10.2 Å². The quantitative estimate of drug-likeness (QED) is 0.417. The largest absolute Gasteiger partial charge is 0.397 e. The molecule has 1 aliphatic carbocycles. The van der Waals surface area contributed by atoms with Gasteiger partial charge in [0.1, 0.15) is 9.71 Å². The number of anilines is 3. The summed E-state index contributed by atoms with van der Waals surface area (Å²) in [6, 6.07) is 18.6. The number of benzene rings is 2. The van der Waals surface area contributed by atoms with E-state index in [1.165, 1.54) is 46.6 Å². The molecule has 0 radical (unpaired) electrons. The number of nitrogen functional groups attached to an aromatic ring is 1. The lowest BCUT2D eigenvalue weighted by molar-refractivity contribution is 0.100. The van der Waals surface area contributed by atoms with Crippen molar-refractivity contribution in [1.29, 1.82) is 0 Å². The number of fused-ring (bicyclic) bond motifs is 4. The van der Waals surface area contributed by atoms with E-state index < -0.39 is 0 Å². The van der Waals surface area contributed by atoms with Crippen LogP contribution in [0.1, 0.15) is 44.9 Å². The standard InChI is InChI=1S/C26H23N3OS/c27-23-19-15-18-9-1-4-10-20(18)28-25(19)31-24(23)26(30)29-21-11-5-2-7-16(21)13-14-17-8-3-6-12-22(17)29/h2-3,5-8,11-12,15H,1,4,9-10,13-14,27H2. The van der Waals surface area contributed by atoms with Crippen molar-refractivity contribution in [2.75, 3.05) is 10.6 Å². The first kappa shape index (κ1) is 18.6. The second-order valence-electron chi connectivity index (χ2n) is 8.40. The molecule has 2 aliphatic rings. The number of hydrogen-bond donors (Lipinski definition) is 1. The smallest absolute Gasteiger partial charge is 0.275 e. The molecule has 0 spiro atoms. The van der Waals surface area contributed by atoms with Gasteiger partial charge in [-0.3, -0.25) is 9.69 Å². The fourth-order valence-electron chi connectivity index (χ4n) is 4.92. The van der Waals surface area contributed by atoms with Crippen molar-refractivity contribution in [3.63, 3.8) is 0 Å². The van der Waals surface area contributed by atoms with Crippen LogP contribution in [0, 0.1) is 0 Å². The van der Waals surface area contributed by atoms with Crippen LogP contribution in [-0.2, 0) is 25.7 Å². The van der Waals surface area contributed by atoms with Crippen LogP contribution in [0.2, 0.25) is 0 Å². The minimum absolute atomic E-state index is 0.0692. The first-order valence-electron chi connectivity index (χ1n) is 10.9. The molecule has 1 aliphatic heterocycles. The van der Waals surface area contributed by atoms with Crippen molar-refractivity contribution in [1.82, 2.24) is 4.98 Å². The maximum absolute atomic E-state index is 14.0. The number of thiophene rings is 1. The Morgan fingerprint density at radius 1 is 0.871 bits per heavy atom. The minimum atomic E-state index is -0.0692. The van der Waals surface area contributed by atoms with E-state index in [0.717, 1.165) is 47.3 Å². The van der Waals surface area contributed by atoms with Gasteiger partial charge in [0.2, 0.25) is 0 Å². The molecule has 4 nitrogen and oxygen atoms in total. The van der Waals surface area contributed by atoms with E-state index in [4.69, 9.17) is 10.7 Å². The number of pyridine rings is 1. The molecule has 0 saturated carbocycles. The predicted octanol–water partition coefficient (Wildman–Crippen LogP) is 5.83.